The summed E-state index contributed by atoms with van der Waals surface area (Å²) in [6, 6.07) is 12.0. The Morgan fingerprint density at radius 2 is 2.17 bits per heavy atom. The summed E-state index contributed by atoms with van der Waals surface area (Å²) in [6.07, 6.45) is 5.48. The van der Waals surface area contributed by atoms with E-state index in [1.165, 1.54) is 0 Å². The third-order valence-electron chi connectivity index (χ3n) is 3.69. The van der Waals surface area contributed by atoms with Crippen molar-refractivity contribution >= 4 is 28.5 Å². The van der Waals surface area contributed by atoms with Crippen LogP contribution in [0.25, 0.3) is 22.4 Å². The maximum Gasteiger partial charge on any atom is 0.206 e. The molecule has 5 nitrogen and oxygen atoms in total. The zero-order chi connectivity index (χ0) is 16.4. The predicted octanol–water partition coefficient (Wildman–Crippen LogP) is 4.09. The van der Waals surface area contributed by atoms with Crippen LogP contribution < -0.4 is 4.80 Å². The molecule has 0 aliphatic carbocycles. The van der Waals surface area contributed by atoms with Gasteiger partial charge in [-0.15, -0.1) is 11.3 Å². The van der Waals surface area contributed by atoms with Gasteiger partial charge in [0, 0.05) is 34.6 Å². The highest BCUT2D eigenvalue weighted by atomic mass is 32.1. The van der Waals surface area contributed by atoms with Crippen molar-refractivity contribution in [3.8, 4) is 11.5 Å². The van der Waals surface area contributed by atoms with Gasteiger partial charge in [0.05, 0.1) is 12.5 Å². The van der Waals surface area contributed by atoms with Gasteiger partial charge in [-0.1, -0.05) is 18.2 Å². The first-order chi connectivity index (χ1) is 11.9. The molecule has 4 aromatic rings. The number of H-pyrrole nitrogens is 1. The van der Waals surface area contributed by atoms with E-state index in [4.69, 9.17) is 4.42 Å². The number of fused-ring (bicyclic) bond motifs is 1. The van der Waals surface area contributed by atoms with E-state index in [0.717, 1.165) is 32.7 Å². The lowest BCUT2D eigenvalue weighted by Gasteiger charge is -2.00. The predicted molar refractivity (Wildman–Crippen MR) is 97.4 cm³/mol. The van der Waals surface area contributed by atoms with Crippen LogP contribution in [0.3, 0.4) is 0 Å². The molecular formula is C18H16N4OS. The molecule has 0 saturated heterocycles. The van der Waals surface area contributed by atoms with Crippen LogP contribution in [-0.2, 0) is 0 Å². The van der Waals surface area contributed by atoms with Gasteiger partial charge < -0.3 is 9.40 Å². The number of para-hydroxylation sites is 1. The maximum absolute atomic E-state index is 5.52. The molecule has 6 heteroatoms. The van der Waals surface area contributed by atoms with E-state index in [-0.39, 0.29) is 0 Å². The van der Waals surface area contributed by atoms with Gasteiger partial charge in [0.15, 0.2) is 5.76 Å². The fraction of sp³-hybridized carbons (Fsp3) is 0.111. The number of rotatable bonds is 4. The minimum atomic E-state index is 0.709. The number of hydrogen-bond acceptors (Lipinski definition) is 4. The lowest BCUT2D eigenvalue weighted by atomic mass is 10.2. The summed E-state index contributed by atoms with van der Waals surface area (Å²) in [4.78, 5) is 8.63. The van der Waals surface area contributed by atoms with Gasteiger partial charge in [-0.05, 0) is 25.1 Å². The van der Waals surface area contributed by atoms with Crippen LogP contribution in [0.15, 0.2) is 68.7 Å². The smallest absolute Gasteiger partial charge is 0.206 e. The summed E-state index contributed by atoms with van der Waals surface area (Å²) >= 11 is 1.55. The minimum Gasteiger partial charge on any atom is -0.463 e. The number of nitrogens with one attached hydrogen (secondary N) is 1. The third kappa shape index (κ3) is 2.61. The van der Waals surface area contributed by atoms with E-state index in [0.29, 0.717) is 6.54 Å². The standard InChI is InChI=1S/C18H16N4OS/c1-2-19-18-22(16(12-24-18)17-8-5-9-23-17)21-11-13-10-20-15-7-4-3-6-14(13)15/h3-12,20H,2H2,1H3. The highest BCUT2D eigenvalue weighted by Gasteiger charge is 2.09. The molecule has 0 aliphatic heterocycles. The van der Waals surface area contributed by atoms with Gasteiger partial charge in [0.1, 0.15) is 5.69 Å². The zero-order valence-electron chi connectivity index (χ0n) is 13.1. The van der Waals surface area contributed by atoms with E-state index in [1.54, 1.807) is 17.6 Å². The first-order valence-electron chi connectivity index (χ1n) is 7.72. The molecule has 120 valence electrons. The first-order valence-corrected chi connectivity index (χ1v) is 8.60. The fourth-order valence-corrected chi connectivity index (χ4v) is 3.45. The second kappa shape index (κ2) is 6.33. The Labute approximate surface area is 142 Å². The van der Waals surface area contributed by atoms with Crippen LogP contribution >= 0.6 is 11.3 Å². The molecule has 4 rings (SSSR count). The van der Waals surface area contributed by atoms with Gasteiger partial charge >= 0.3 is 0 Å². The number of thiazole rings is 1. The van der Waals surface area contributed by atoms with Crippen molar-refractivity contribution in [2.75, 3.05) is 6.54 Å². The van der Waals surface area contributed by atoms with Crippen LogP contribution in [0.5, 0.6) is 0 Å². The topological polar surface area (TPSA) is 58.6 Å². The van der Waals surface area contributed by atoms with Crippen molar-refractivity contribution in [3.05, 3.63) is 64.6 Å². The molecule has 1 aromatic carbocycles. The molecule has 0 bridgehead atoms. The lowest BCUT2D eigenvalue weighted by molar-refractivity contribution is 0.575. The van der Waals surface area contributed by atoms with Crippen molar-refractivity contribution in [3.63, 3.8) is 0 Å². The molecule has 0 fully saturated rings. The average Bonchev–Trinajstić information content (AvgIpc) is 3.33. The van der Waals surface area contributed by atoms with Crippen molar-refractivity contribution < 1.29 is 4.42 Å². The summed E-state index contributed by atoms with van der Waals surface area (Å²) in [5.74, 6) is 0.778. The number of nitrogens with zero attached hydrogens (tertiary/aromatic N) is 3. The van der Waals surface area contributed by atoms with Crippen LogP contribution in [0.1, 0.15) is 12.5 Å². The Hall–Kier alpha value is -2.86. The van der Waals surface area contributed by atoms with Crippen LogP contribution in [0, 0.1) is 0 Å². The molecule has 0 radical (unpaired) electrons. The summed E-state index contributed by atoms with van der Waals surface area (Å²) in [6.45, 7) is 2.72. The third-order valence-corrected chi connectivity index (χ3v) is 4.54. The molecule has 0 aliphatic rings. The number of hydrogen-bond donors (Lipinski definition) is 1. The maximum atomic E-state index is 5.52. The second-order valence-electron chi connectivity index (χ2n) is 5.20. The molecule has 0 atom stereocenters. The average molecular weight is 336 g/mol. The Morgan fingerprint density at radius 1 is 1.25 bits per heavy atom. The van der Waals surface area contributed by atoms with Crippen LogP contribution in [0.4, 0.5) is 0 Å². The molecule has 24 heavy (non-hydrogen) atoms. The Bertz CT molecular complexity index is 1050. The number of aromatic nitrogens is 2. The SMILES string of the molecule is CCN=c1scc(-c2ccco2)n1N=Cc1c[nH]c2ccccc12. The van der Waals surface area contributed by atoms with Gasteiger partial charge in [0.25, 0.3) is 0 Å². The highest BCUT2D eigenvalue weighted by Crippen LogP contribution is 2.21. The fourth-order valence-electron chi connectivity index (χ4n) is 2.57. The molecule has 0 saturated carbocycles. The summed E-state index contributed by atoms with van der Waals surface area (Å²) in [5.41, 5.74) is 3.03. The van der Waals surface area contributed by atoms with Crippen molar-refractivity contribution in [2.45, 2.75) is 6.92 Å². The van der Waals surface area contributed by atoms with Crippen molar-refractivity contribution in [1.82, 2.24) is 9.66 Å². The second-order valence-corrected chi connectivity index (χ2v) is 6.04. The number of benzene rings is 1. The molecular weight excluding hydrogens is 320 g/mol. The quantitative estimate of drug-likeness (QED) is 0.561. The normalized spacial score (nSPS) is 12.6. The monoisotopic (exact) mass is 336 g/mol. The zero-order valence-corrected chi connectivity index (χ0v) is 14.0. The van der Waals surface area contributed by atoms with E-state index < -0.39 is 0 Å². The lowest BCUT2D eigenvalue weighted by Crippen LogP contribution is -2.12. The molecule has 3 heterocycles. The van der Waals surface area contributed by atoms with Gasteiger partial charge in [-0.2, -0.15) is 5.10 Å². The van der Waals surface area contributed by atoms with Crippen LogP contribution in [-0.4, -0.2) is 22.4 Å². The highest BCUT2D eigenvalue weighted by molar-refractivity contribution is 7.07. The summed E-state index contributed by atoms with van der Waals surface area (Å²) in [7, 11) is 0. The van der Waals surface area contributed by atoms with Crippen molar-refractivity contribution in [1.29, 1.82) is 0 Å². The minimum absolute atomic E-state index is 0.709. The van der Waals surface area contributed by atoms with Gasteiger partial charge in [-0.3, -0.25) is 4.99 Å². The summed E-state index contributed by atoms with van der Waals surface area (Å²) < 4.78 is 7.35. The molecule has 0 amide bonds. The Morgan fingerprint density at radius 3 is 3.00 bits per heavy atom. The number of aromatic amines is 1. The molecule has 0 spiro atoms. The van der Waals surface area contributed by atoms with E-state index >= 15 is 0 Å². The Balaban J connectivity index is 1.81. The Kier molecular flexibility index (Phi) is 3.88. The van der Waals surface area contributed by atoms with E-state index in [1.807, 2.05) is 53.7 Å². The molecule has 0 unspecified atom stereocenters. The van der Waals surface area contributed by atoms with Crippen LogP contribution in [0.2, 0.25) is 0 Å². The van der Waals surface area contributed by atoms with E-state index in [9.17, 15) is 0 Å². The van der Waals surface area contributed by atoms with Gasteiger partial charge in [0.2, 0.25) is 4.80 Å². The molecule has 3 aromatic heterocycles. The van der Waals surface area contributed by atoms with Gasteiger partial charge in [-0.25, -0.2) is 4.68 Å². The first kappa shape index (κ1) is 14.7. The largest absolute Gasteiger partial charge is 0.463 e. The van der Waals surface area contributed by atoms with E-state index in [2.05, 4.69) is 27.2 Å². The number of furan rings is 1. The van der Waals surface area contributed by atoms with Crippen molar-refractivity contribution in [2.24, 2.45) is 10.1 Å². The summed E-state index contributed by atoms with van der Waals surface area (Å²) in [5, 5.41) is 7.82. The molecule has 1 N–H and O–H groups in total.